The molecule has 94 valence electrons. The van der Waals surface area contributed by atoms with Crippen LogP contribution in [0.25, 0.3) is 0 Å². The molecule has 1 rings (SSSR count). The monoisotopic (exact) mass is 238 g/mol. The molecule has 5 heteroatoms. The van der Waals surface area contributed by atoms with E-state index in [0.29, 0.717) is 18.7 Å². The van der Waals surface area contributed by atoms with Crippen LogP contribution in [0.1, 0.15) is 15.9 Å². The molecule has 1 unspecified atom stereocenters. The van der Waals surface area contributed by atoms with Gasteiger partial charge in [0.15, 0.2) is 0 Å². The van der Waals surface area contributed by atoms with Crippen molar-refractivity contribution < 1.29 is 15.0 Å². The van der Waals surface area contributed by atoms with Gasteiger partial charge < -0.3 is 20.8 Å². The van der Waals surface area contributed by atoms with E-state index in [2.05, 4.69) is 10.6 Å². The minimum atomic E-state index is -0.736. The Morgan fingerprint density at radius 2 is 2.00 bits per heavy atom. The lowest BCUT2D eigenvalue weighted by atomic mass is 10.1. The fourth-order valence-electron chi connectivity index (χ4n) is 1.37. The Kier molecular flexibility index (Phi) is 5.62. The maximum atomic E-state index is 11.3. The van der Waals surface area contributed by atoms with E-state index < -0.39 is 6.10 Å². The number of rotatable bonds is 6. The van der Waals surface area contributed by atoms with Gasteiger partial charge in [0, 0.05) is 25.7 Å². The Balaban J connectivity index is 2.43. The van der Waals surface area contributed by atoms with Gasteiger partial charge in [0.25, 0.3) is 5.91 Å². The second-order valence-corrected chi connectivity index (χ2v) is 3.74. The van der Waals surface area contributed by atoms with Crippen molar-refractivity contribution in [1.82, 2.24) is 10.6 Å². The first kappa shape index (κ1) is 13.6. The summed E-state index contributed by atoms with van der Waals surface area (Å²) in [7, 11) is 1.59. The summed E-state index contributed by atoms with van der Waals surface area (Å²) in [5.41, 5.74) is 1.63. The molecule has 0 saturated heterocycles. The molecule has 1 atom stereocenters. The first-order valence-electron chi connectivity index (χ1n) is 5.48. The molecule has 5 nitrogen and oxygen atoms in total. The Hall–Kier alpha value is -1.43. The minimum absolute atomic E-state index is 0.111. The molecule has 1 aromatic carbocycles. The Morgan fingerprint density at radius 1 is 1.35 bits per heavy atom. The average molecular weight is 238 g/mol. The number of nitrogens with one attached hydrogen (secondary N) is 2. The molecular formula is C12H18N2O3. The van der Waals surface area contributed by atoms with Gasteiger partial charge in [-0.3, -0.25) is 4.79 Å². The lowest BCUT2D eigenvalue weighted by Gasteiger charge is -2.09. The Bertz CT molecular complexity index is 351. The standard InChI is InChI=1S/C12H18N2O3/c1-13-12(17)10-4-2-9(3-5-10)6-14-7-11(16)8-15/h2-5,11,14-16H,6-8H2,1H3,(H,13,17). The smallest absolute Gasteiger partial charge is 0.251 e. The van der Waals surface area contributed by atoms with Gasteiger partial charge in [0.05, 0.1) is 12.7 Å². The van der Waals surface area contributed by atoms with Crippen molar-refractivity contribution in [3.05, 3.63) is 35.4 Å². The van der Waals surface area contributed by atoms with Crippen LogP contribution in [0.5, 0.6) is 0 Å². The third-order valence-electron chi connectivity index (χ3n) is 2.36. The van der Waals surface area contributed by atoms with Crippen molar-refractivity contribution in [2.24, 2.45) is 0 Å². The second kappa shape index (κ2) is 7.01. The summed E-state index contributed by atoms with van der Waals surface area (Å²) in [4.78, 5) is 11.3. The zero-order valence-electron chi connectivity index (χ0n) is 9.81. The third kappa shape index (κ3) is 4.52. The van der Waals surface area contributed by atoms with Gasteiger partial charge in [-0.25, -0.2) is 0 Å². The Morgan fingerprint density at radius 3 is 2.53 bits per heavy atom. The van der Waals surface area contributed by atoms with Gasteiger partial charge in [0.1, 0.15) is 0 Å². The van der Waals surface area contributed by atoms with Crippen LogP contribution in [0, 0.1) is 0 Å². The number of aliphatic hydroxyl groups is 2. The van der Waals surface area contributed by atoms with E-state index in [1.165, 1.54) is 0 Å². The number of hydrogen-bond donors (Lipinski definition) is 4. The summed E-state index contributed by atoms with van der Waals surface area (Å²) in [6.07, 6.45) is -0.736. The van der Waals surface area contributed by atoms with Crippen molar-refractivity contribution in [1.29, 1.82) is 0 Å². The summed E-state index contributed by atoms with van der Waals surface area (Å²) in [5.74, 6) is -0.111. The fourth-order valence-corrected chi connectivity index (χ4v) is 1.37. The highest BCUT2D eigenvalue weighted by Crippen LogP contribution is 2.04. The average Bonchev–Trinajstić information content (AvgIpc) is 2.38. The highest BCUT2D eigenvalue weighted by Gasteiger charge is 2.03. The number of carbonyl (C=O) groups is 1. The summed E-state index contributed by atoms with van der Waals surface area (Å²) < 4.78 is 0. The zero-order chi connectivity index (χ0) is 12.7. The molecule has 0 aromatic heterocycles. The van der Waals surface area contributed by atoms with E-state index in [1.807, 2.05) is 12.1 Å². The van der Waals surface area contributed by atoms with Gasteiger partial charge in [-0.2, -0.15) is 0 Å². The number of hydrogen-bond acceptors (Lipinski definition) is 4. The number of aliphatic hydroxyl groups excluding tert-OH is 2. The minimum Gasteiger partial charge on any atom is -0.394 e. The Labute approximate surface area is 100 Å². The normalized spacial score (nSPS) is 12.2. The molecule has 1 amide bonds. The maximum Gasteiger partial charge on any atom is 0.251 e. The summed E-state index contributed by atoms with van der Waals surface area (Å²) in [5, 5.41) is 23.3. The van der Waals surface area contributed by atoms with Gasteiger partial charge in [-0.15, -0.1) is 0 Å². The van der Waals surface area contributed by atoms with Crippen LogP contribution in [0.2, 0.25) is 0 Å². The van der Waals surface area contributed by atoms with Crippen LogP contribution in [0.4, 0.5) is 0 Å². The summed E-state index contributed by atoms with van der Waals surface area (Å²) in [6.45, 7) is 0.682. The number of carbonyl (C=O) groups excluding carboxylic acids is 1. The van der Waals surface area contributed by atoms with Crippen LogP contribution in [-0.2, 0) is 6.54 Å². The van der Waals surface area contributed by atoms with E-state index in [1.54, 1.807) is 19.2 Å². The number of amides is 1. The van der Waals surface area contributed by atoms with Crippen LogP contribution >= 0.6 is 0 Å². The molecule has 0 saturated carbocycles. The maximum absolute atomic E-state index is 11.3. The molecule has 0 aliphatic carbocycles. The predicted octanol–water partition coefficient (Wildman–Crippen LogP) is -0.511. The highest BCUT2D eigenvalue weighted by atomic mass is 16.3. The first-order valence-corrected chi connectivity index (χ1v) is 5.48. The molecule has 0 radical (unpaired) electrons. The van der Waals surface area contributed by atoms with Crippen molar-refractivity contribution in [3.63, 3.8) is 0 Å². The highest BCUT2D eigenvalue weighted by molar-refractivity contribution is 5.93. The summed E-state index contributed by atoms with van der Waals surface area (Å²) in [6, 6.07) is 7.20. The van der Waals surface area contributed by atoms with Crippen LogP contribution in [-0.4, -0.2) is 42.4 Å². The van der Waals surface area contributed by atoms with Crippen LogP contribution in [0.15, 0.2) is 24.3 Å². The second-order valence-electron chi connectivity index (χ2n) is 3.74. The molecule has 0 heterocycles. The van der Waals surface area contributed by atoms with Gasteiger partial charge in [0.2, 0.25) is 0 Å². The van der Waals surface area contributed by atoms with Crippen molar-refractivity contribution in [2.45, 2.75) is 12.6 Å². The fraction of sp³-hybridized carbons (Fsp3) is 0.417. The predicted molar refractivity (Wildman–Crippen MR) is 64.6 cm³/mol. The molecule has 0 spiro atoms. The zero-order valence-corrected chi connectivity index (χ0v) is 9.81. The van der Waals surface area contributed by atoms with Crippen LogP contribution < -0.4 is 10.6 Å². The van der Waals surface area contributed by atoms with E-state index in [0.717, 1.165) is 5.56 Å². The lowest BCUT2D eigenvalue weighted by Crippen LogP contribution is -2.28. The largest absolute Gasteiger partial charge is 0.394 e. The van der Waals surface area contributed by atoms with E-state index in [9.17, 15) is 4.79 Å². The molecule has 0 aliphatic rings. The summed E-state index contributed by atoms with van der Waals surface area (Å²) >= 11 is 0. The topological polar surface area (TPSA) is 81.6 Å². The molecule has 0 fully saturated rings. The quantitative estimate of drug-likeness (QED) is 0.538. The van der Waals surface area contributed by atoms with Gasteiger partial charge in [-0.1, -0.05) is 12.1 Å². The van der Waals surface area contributed by atoms with Crippen molar-refractivity contribution in [3.8, 4) is 0 Å². The molecule has 4 N–H and O–H groups in total. The molecule has 17 heavy (non-hydrogen) atoms. The van der Waals surface area contributed by atoms with E-state index in [4.69, 9.17) is 10.2 Å². The van der Waals surface area contributed by atoms with Crippen molar-refractivity contribution >= 4 is 5.91 Å². The van der Waals surface area contributed by atoms with Crippen LogP contribution in [0.3, 0.4) is 0 Å². The van der Waals surface area contributed by atoms with E-state index >= 15 is 0 Å². The third-order valence-corrected chi connectivity index (χ3v) is 2.36. The van der Waals surface area contributed by atoms with Gasteiger partial charge >= 0.3 is 0 Å². The van der Waals surface area contributed by atoms with Gasteiger partial charge in [-0.05, 0) is 17.7 Å². The number of benzene rings is 1. The first-order chi connectivity index (χ1) is 8.17. The molecule has 0 bridgehead atoms. The molecular weight excluding hydrogens is 220 g/mol. The van der Waals surface area contributed by atoms with E-state index in [-0.39, 0.29) is 12.5 Å². The lowest BCUT2D eigenvalue weighted by molar-refractivity contribution is 0.0942. The molecule has 1 aromatic rings. The SMILES string of the molecule is CNC(=O)c1ccc(CNCC(O)CO)cc1. The van der Waals surface area contributed by atoms with Crippen molar-refractivity contribution in [2.75, 3.05) is 20.2 Å². The molecule has 0 aliphatic heterocycles.